The van der Waals surface area contributed by atoms with Crippen LogP contribution >= 0.6 is 0 Å². The third-order valence-corrected chi connectivity index (χ3v) is 4.00. The maximum absolute atomic E-state index is 12.4. The largest absolute Gasteiger partial charge is 0.465 e. The predicted octanol–water partition coefficient (Wildman–Crippen LogP) is 3.81. The molecule has 2 atom stereocenters. The van der Waals surface area contributed by atoms with E-state index in [9.17, 15) is 4.79 Å². The number of hydrogen-bond donors (Lipinski definition) is 1. The van der Waals surface area contributed by atoms with Crippen LogP contribution in [0.4, 0.5) is 5.69 Å². The summed E-state index contributed by atoms with van der Waals surface area (Å²) in [5.41, 5.74) is 4.36. The summed E-state index contributed by atoms with van der Waals surface area (Å²) in [5, 5.41) is 3.48. The summed E-state index contributed by atoms with van der Waals surface area (Å²) in [6, 6.07) is 16.1. The van der Waals surface area contributed by atoms with Crippen molar-refractivity contribution in [2.24, 2.45) is 0 Å². The second-order valence-electron chi connectivity index (χ2n) is 5.30. The van der Waals surface area contributed by atoms with Crippen molar-refractivity contribution in [3.8, 4) is 0 Å². The molecule has 0 radical (unpaired) electrons. The van der Waals surface area contributed by atoms with Crippen molar-refractivity contribution in [3.63, 3.8) is 0 Å². The van der Waals surface area contributed by atoms with Gasteiger partial charge in [-0.3, -0.25) is 4.79 Å². The van der Waals surface area contributed by atoms with Gasteiger partial charge in [-0.1, -0.05) is 42.5 Å². The first kappa shape index (κ1) is 13.7. The Morgan fingerprint density at radius 3 is 2.48 bits per heavy atom. The quantitative estimate of drug-likeness (QED) is 0.869. The van der Waals surface area contributed by atoms with Gasteiger partial charge in [-0.2, -0.15) is 0 Å². The number of rotatable bonds is 3. The fraction of sp³-hybridized carbons (Fsp3) is 0.278. The summed E-state index contributed by atoms with van der Waals surface area (Å²) in [5.74, 6) is -0.453. The molecule has 0 aliphatic carbocycles. The molecule has 1 aliphatic rings. The smallest absolute Gasteiger partial charge is 0.315 e. The van der Waals surface area contributed by atoms with E-state index >= 15 is 0 Å². The van der Waals surface area contributed by atoms with Gasteiger partial charge in [-0.05, 0) is 36.6 Å². The molecule has 2 aromatic carbocycles. The highest BCUT2D eigenvalue weighted by Gasteiger charge is 2.39. The number of benzene rings is 2. The number of hydrogen-bond acceptors (Lipinski definition) is 3. The molecule has 0 saturated heterocycles. The number of carbonyl (C=O) groups excluding carboxylic acids is 1. The molecule has 0 spiro atoms. The lowest BCUT2D eigenvalue weighted by molar-refractivity contribution is -0.145. The van der Waals surface area contributed by atoms with Gasteiger partial charge in [0.25, 0.3) is 0 Å². The Labute approximate surface area is 124 Å². The van der Waals surface area contributed by atoms with Crippen molar-refractivity contribution in [1.29, 1.82) is 0 Å². The lowest BCUT2D eigenvalue weighted by Gasteiger charge is -2.21. The number of esters is 1. The molecule has 21 heavy (non-hydrogen) atoms. The summed E-state index contributed by atoms with van der Waals surface area (Å²) >= 11 is 0. The Morgan fingerprint density at radius 1 is 1.10 bits per heavy atom. The summed E-state index contributed by atoms with van der Waals surface area (Å²) < 4.78 is 5.30. The standard InChI is InChI=1S/C18H19NO2/c1-3-21-18(20)16-14-10-6-7-11-15(14)19-17(16)13-9-5-4-8-12(13)2/h4-11,16-17,19H,3H2,1-2H3/t16-,17+/m1/s1. The van der Waals surface area contributed by atoms with E-state index in [1.54, 1.807) is 0 Å². The fourth-order valence-electron chi connectivity index (χ4n) is 3.02. The highest BCUT2D eigenvalue weighted by atomic mass is 16.5. The van der Waals surface area contributed by atoms with Gasteiger partial charge in [0, 0.05) is 5.69 Å². The lowest BCUT2D eigenvalue weighted by Crippen LogP contribution is -2.22. The van der Waals surface area contributed by atoms with Gasteiger partial charge in [0.05, 0.1) is 12.6 Å². The molecule has 108 valence electrons. The summed E-state index contributed by atoms with van der Waals surface area (Å²) in [7, 11) is 0. The predicted molar refractivity (Wildman–Crippen MR) is 83.4 cm³/mol. The van der Waals surface area contributed by atoms with Crippen molar-refractivity contribution < 1.29 is 9.53 Å². The minimum Gasteiger partial charge on any atom is -0.465 e. The van der Waals surface area contributed by atoms with E-state index in [1.165, 1.54) is 5.56 Å². The SMILES string of the molecule is CCOC(=O)[C@@H]1c2ccccc2N[C@H]1c1ccccc1C. The monoisotopic (exact) mass is 281 g/mol. The zero-order valence-corrected chi connectivity index (χ0v) is 12.3. The minimum atomic E-state index is -0.290. The Kier molecular flexibility index (Phi) is 3.65. The molecule has 0 aromatic heterocycles. The van der Waals surface area contributed by atoms with Gasteiger partial charge >= 0.3 is 5.97 Å². The maximum atomic E-state index is 12.4. The van der Waals surface area contributed by atoms with Crippen molar-refractivity contribution >= 4 is 11.7 Å². The number of para-hydroxylation sites is 1. The van der Waals surface area contributed by atoms with Crippen LogP contribution in [0.15, 0.2) is 48.5 Å². The molecule has 0 fully saturated rings. The molecule has 0 unspecified atom stereocenters. The first-order chi connectivity index (χ1) is 10.2. The molecule has 3 rings (SSSR count). The van der Waals surface area contributed by atoms with E-state index in [0.717, 1.165) is 16.8 Å². The van der Waals surface area contributed by atoms with Crippen LogP contribution in [0.5, 0.6) is 0 Å². The van der Waals surface area contributed by atoms with Gasteiger partial charge < -0.3 is 10.1 Å². The second-order valence-corrected chi connectivity index (χ2v) is 5.30. The fourth-order valence-corrected chi connectivity index (χ4v) is 3.02. The number of anilines is 1. The molecule has 3 nitrogen and oxygen atoms in total. The van der Waals surface area contributed by atoms with Crippen LogP contribution in [-0.4, -0.2) is 12.6 Å². The normalized spacial score (nSPS) is 19.7. The molecular formula is C18H19NO2. The Hall–Kier alpha value is -2.29. The molecule has 1 heterocycles. The molecule has 1 N–H and O–H groups in total. The second kappa shape index (κ2) is 5.60. The van der Waals surface area contributed by atoms with Crippen molar-refractivity contribution in [2.75, 3.05) is 11.9 Å². The zero-order valence-electron chi connectivity index (χ0n) is 12.3. The van der Waals surface area contributed by atoms with Gasteiger partial charge in [0.2, 0.25) is 0 Å². The number of fused-ring (bicyclic) bond motifs is 1. The highest BCUT2D eigenvalue weighted by Crippen LogP contribution is 2.45. The average molecular weight is 281 g/mol. The number of aryl methyl sites for hydroxylation is 1. The third kappa shape index (κ3) is 2.40. The average Bonchev–Trinajstić information content (AvgIpc) is 2.87. The molecule has 0 saturated carbocycles. The van der Waals surface area contributed by atoms with Crippen molar-refractivity contribution in [1.82, 2.24) is 0 Å². The van der Waals surface area contributed by atoms with Gasteiger partial charge in [-0.15, -0.1) is 0 Å². The van der Waals surface area contributed by atoms with E-state index in [1.807, 2.05) is 43.3 Å². The van der Waals surface area contributed by atoms with Crippen LogP contribution < -0.4 is 5.32 Å². The molecule has 1 aliphatic heterocycles. The first-order valence-electron chi connectivity index (χ1n) is 7.30. The summed E-state index contributed by atoms with van der Waals surface area (Å²) in [6.07, 6.45) is 0. The summed E-state index contributed by atoms with van der Waals surface area (Å²) in [4.78, 5) is 12.4. The van der Waals surface area contributed by atoms with E-state index in [-0.39, 0.29) is 17.9 Å². The Morgan fingerprint density at radius 2 is 1.76 bits per heavy atom. The van der Waals surface area contributed by atoms with Crippen molar-refractivity contribution in [2.45, 2.75) is 25.8 Å². The topological polar surface area (TPSA) is 38.3 Å². The zero-order chi connectivity index (χ0) is 14.8. The minimum absolute atomic E-state index is 0.0670. The number of nitrogens with one attached hydrogen (secondary N) is 1. The van der Waals surface area contributed by atoms with Crippen LogP contribution in [0.3, 0.4) is 0 Å². The maximum Gasteiger partial charge on any atom is 0.315 e. The number of ether oxygens (including phenoxy) is 1. The van der Waals surface area contributed by atoms with E-state index in [0.29, 0.717) is 6.61 Å². The van der Waals surface area contributed by atoms with Crippen LogP contribution in [0.1, 0.15) is 35.6 Å². The lowest BCUT2D eigenvalue weighted by atomic mass is 9.88. The Bertz CT molecular complexity index is 666. The molecule has 0 amide bonds. The molecule has 3 heteroatoms. The number of carbonyl (C=O) groups is 1. The van der Waals surface area contributed by atoms with Gasteiger partial charge in [0.15, 0.2) is 0 Å². The molecule has 2 aromatic rings. The van der Waals surface area contributed by atoms with Crippen LogP contribution in [0.25, 0.3) is 0 Å². The van der Waals surface area contributed by atoms with Crippen LogP contribution in [0.2, 0.25) is 0 Å². The third-order valence-electron chi connectivity index (χ3n) is 4.00. The first-order valence-corrected chi connectivity index (χ1v) is 7.30. The van der Waals surface area contributed by atoms with E-state index < -0.39 is 0 Å². The highest BCUT2D eigenvalue weighted by molar-refractivity contribution is 5.85. The van der Waals surface area contributed by atoms with E-state index in [4.69, 9.17) is 4.74 Å². The van der Waals surface area contributed by atoms with E-state index in [2.05, 4.69) is 24.4 Å². The van der Waals surface area contributed by atoms with Gasteiger partial charge in [-0.25, -0.2) is 0 Å². The molecule has 0 bridgehead atoms. The van der Waals surface area contributed by atoms with Crippen LogP contribution in [0, 0.1) is 6.92 Å². The molecular weight excluding hydrogens is 262 g/mol. The van der Waals surface area contributed by atoms with Crippen LogP contribution in [-0.2, 0) is 9.53 Å². The summed E-state index contributed by atoms with van der Waals surface area (Å²) in [6.45, 7) is 4.31. The Balaban J connectivity index is 2.05. The van der Waals surface area contributed by atoms with Gasteiger partial charge in [0.1, 0.15) is 5.92 Å². The van der Waals surface area contributed by atoms with Crippen molar-refractivity contribution in [3.05, 3.63) is 65.2 Å².